The van der Waals surface area contributed by atoms with Crippen LogP contribution >= 0.6 is 11.8 Å². The monoisotopic (exact) mass is 566 g/mol. The zero-order chi connectivity index (χ0) is 27.6. The van der Waals surface area contributed by atoms with E-state index in [9.17, 15) is 13.8 Å². The summed E-state index contributed by atoms with van der Waals surface area (Å²) in [4.78, 5) is 25.6. The average Bonchev–Trinajstić information content (AvgIpc) is 3.44. The van der Waals surface area contributed by atoms with Gasteiger partial charge in [-0.1, -0.05) is 72.8 Å². The van der Waals surface area contributed by atoms with Crippen LogP contribution in [-0.2, 0) is 33.6 Å². The molecule has 5 N–H and O–H groups in total. The van der Waals surface area contributed by atoms with E-state index in [-0.39, 0.29) is 11.3 Å². The fraction of sp³-hybridized carbons (Fsp3) is 0.214. The van der Waals surface area contributed by atoms with E-state index in [0.29, 0.717) is 18.5 Å². The maximum absolute atomic E-state index is 13.6. The van der Waals surface area contributed by atoms with Crippen molar-refractivity contribution in [2.45, 2.75) is 30.3 Å². The molecule has 11 heteroatoms. The van der Waals surface area contributed by atoms with Crippen molar-refractivity contribution in [2.24, 2.45) is 0 Å². The van der Waals surface area contributed by atoms with Gasteiger partial charge in [0.05, 0.1) is 13.2 Å². The maximum Gasteiger partial charge on any atom is 0.407 e. The molecule has 1 aliphatic rings. The second-order valence-electron chi connectivity index (χ2n) is 8.84. The number of methoxy groups -OCH3 is 1. The fourth-order valence-electron chi connectivity index (χ4n) is 4.15. The van der Waals surface area contributed by atoms with Gasteiger partial charge in [0.1, 0.15) is 11.4 Å². The van der Waals surface area contributed by atoms with Gasteiger partial charge in [-0.2, -0.15) is 0 Å². The quantitative estimate of drug-likeness (QED) is 0.221. The summed E-state index contributed by atoms with van der Waals surface area (Å²) in [7, 11) is 1.26. The molecule has 3 aromatic rings. The molecule has 9 nitrogen and oxygen atoms in total. The van der Waals surface area contributed by atoms with Crippen LogP contribution in [0.2, 0.25) is 0 Å². The summed E-state index contributed by atoms with van der Waals surface area (Å²) in [6.07, 6.45) is 0.0526. The number of ether oxygens (including phenoxy) is 1. The zero-order valence-corrected chi connectivity index (χ0v) is 22.8. The fourth-order valence-corrected chi connectivity index (χ4v) is 5.52. The number of alkyl carbamates (subject to hydrolysis) is 1. The van der Waals surface area contributed by atoms with Gasteiger partial charge in [-0.05, 0) is 40.7 Å². The van der Waals surface area contributed by atoms with Crippen molar-refractivity contribution in [3.63, 3.8) is 0 Å². The molecular formula is C28H30N4O5S2. The Morgan fingerprint density at radius 2 is 1.59 bits per heavy atom. The molecule has 0 saturated carbocycles. The van der Waals surface area contributed by atoms with Crippen molar-refractivity contribution in [3.05, 3.63) is 113 Å². The van der Waals surface area contributed by atoms with Crippen molar-refractivity contribution >= 4 is 40.7 Å². The number of benzene rings is 3. The van der Waals surface area contributed by atoms with Crippen molar-refractivity contribution in [3.8, 4) is 0 Å². The summed E-state index contributed by atoms with van der Waals surface area (Å²) < 4.78 is 27.3. The van der Waals surface area contributed by atoms with Gasteiger partial charge in [0.25, 0.3) is 11.3 Å². The lowest BCUT2D eigenvalue weighted by molar-refractivity contribution is -0.123. The summed E-state index contributed by atoms with van der Waals surface area (Å²) in [5.41, 5.74) is 4.26. The first-order valence-corrected chi connectivity index (χ1v) is 14.3. The summed E-state index contributed by atoms with van der Waals surface area (Å²) in [6.45, 7) is 0. The predicted octanol–water partition coefficient (Wildman–Crippen LogP) is 4.11. The Bertz CT molecular complexity index is 1310. The number of hydrogen-bond acceptors (Lipinski definition) is 6. The lowest BCUT2D eigenvalue weighted by Gasteiger charge is -2.25. The Morgan fingerprint density at radius 1 is 0.949 bits per heavy atom. The van der Waals surface area contributed by atoms with Crippen molar-refractivity contribution in [1.82, 2.24) is 16.0 Å². The Kier molecular flexibility index (Phi) is 10.0. The topological polar surface area (TPSA) is 129 Å². The minimum Gasteiger partial charge on any atom is -0.453 e. The second-order valence-corrected chi connectivity index (χ2v) is 10.5. The normalized spacial score (nSPS) is 16.7. The molecule has 1 aliphatic heterocycles. The van der Waals surface area contributed by atoms with Gasteiger partial charge in [-0.15, -0.1) is 11.8 Å². The Hall–Kier alpha value is -3.80. The molecule has 0 aliphatic carbocycles. The first-order chi connectivity index (χ1) is 18.9. The molecule has 4 atom stereocenters. The maximum atomic E-state index is 13.6. The Morgan fingerprint density at radius 3 is 2.23 bits per heavy atom. The van der Waals surface area contributed by atoms with E-state index in [0.717, 1.165) is 22.4 Å². The molecule has 39 heavy (non-hydrogen) atoms. The molecule has 2 unspecified atom stereocenters. The Labute approximate surface area is 234 Å². The first-order valence-electron chi connectivity index (χ1n) is 12.2. The van der Waals surface area contributed by atoms with Crippen LogP contribution in [0.5, 0.6) is 0 Å². The third kappa shape index (κ3) is 8.34. The number of anilines is 1. The van der Waals surface area contributed by atoms with Gasteiger partial charge < -0.3 is 20.7 Å². The van der Waals surface area contributed by atoms with Gasteiger partial charge in [0.2, 0.25) is 5.91 Å². The highest BCUT2D eigenvalue weighted by Gasteiger charge is 2.29. The smallest absolute Gasteiger partial charge is 0.407 e. The highest BCUT2D eigenvalue weighted by atomic mass is 32.2. The van der Waals surface area contributed by atoms with E-state index >= 15 is 0 Å². The van der Waals surface area contributed by atoms with Gasteiger partial charge >= 0.3 is 6.09 Å². The third-order valence-electron chi connectivity index (χ3n) is 6.10. The number of amides is 2. The van der Waals surface area contributed by atoms with Gasteiger partial charge in [0.15, 0.2) is 0 Å². The van der Waals surface area contributed by atoms with Crippen LogP contribution in [-0.4, -0.2) is 40.0 Å². The van der Waals surface area contributed by atoms with Crippen molar-refractivity contribution in [1.29, 1.82) is 0 Å². The largest absolute Gasteiger partial charge is 0.453 e. The van der Waals surface area contributed by atoms with Gasteiger partial charge in [0, 0.05) is 17.8 Å². The van der Waals surface area contributed by atoms with Crippen LogP contribution in [0.25, 0.3) is 0 Å². The average molecular weight is 567 g/mol. The minimum absolute atomic E-state index is 0.0000199. The number of rotatable bonds is 11. The molecular weight excluding hydrogens is 536 g/mol. The SMILES string of the molecule is COC(=O)N[C@@H](Cc1ccccc1)C(=O)N[C@@H](Cc1ccc(NS(=O)O)cc1)C1=CSC(c2ccccc2)N1. The molecule has 1 heterocycles. The van der Waals surface area contributed by atoms with E-state index in [1.807, 2.05) is 78.2 Å². The molecule has 0 spiro atoms. The molecule has 204 valence electrons. The molecule has 0 saturated heterocycles. The minimum atomic E-state index is -2.17. The van der Waals surface area contributed by atoms with E-state index < -0.39 is 29.4 Å². The third-order valence-corrected chi connectivity index (χ3v) is 7.56. The van der Waals surface area contributed by atoms with E-state index in [1.165, 1.54) is 7.11 Å². The van der Waals surface area contributed by atoms with Crippen LogP contribution in [0.15, 0.2) is 96.0 Å². The summed E-state index contributed by atoms with van der Waals surface area (Å²) in [5, 5.41) is 11.3. The van der Waals surface area contributed by atoms with E-state index in [1.54, 1.807) is 23.9 Å². The molecule has 0 radical (unpaired) electrons. The number of thioether (sulfide) groups is 1. The van der Waals surface area contributed by atoms with Crippen LogP contribution in [0.4, 0.5) is 10.5 Å². The molecule has 0 aromatic heterocycles. The lowest BCUT2D eigenvalue weighted by Crippen LogP contribution is -2.52. The lowest BCUT2D eigenvalue weighted by atomic mass is 10.0. The standard InChI is InChI=1S/C28H30N4O5S2/c1-37-28(34)31-24(17-19-8-4-2-5-9-19)26(33)29-23(16-20-12-14-22(15-13-20)32-39(35)36)25-18-38-27(30-25)21-10-6-3-7-11-21/h2-15,18,23-24,27,30,32H,16-17H2,1H3,(H,29,33)(H,31,34)(H,35,36)/t23-,24-,27?/m0/s1. The van der Waals surface area contributed by atoms with Crippen LogP contribution in [0.3, 0.4) is 0 Å². The molecule has 3 aromatic carbocycles. The molecule has 0 bridgehead atoms. The van der Waals surface area contributed by atoms with Crippen LogP contribution in [0.1, 0.15) is 22.1 Å². The second kappa shape index (κ2) is 13.8. The number of nitrogens with one attached hydrogen (secondary N) is 4. The van der Waals surface area contributed by atoms with E-state index in [4.69, 9.17) is 9.29 Å². The van der Waals surface area contributed by atoms with Gasteiger partial charge in [-0.3, -0.25) is 14.1 Å². The molecule has 0 fully saturated rings. The highest BCUT2D eigenvalue weighted by Crippen LogP contribution is 2.35. The zero-order valence-electron chi connectivity index (χ0n) is 21.2. The van der Waals surface area contributed by atoms with Crippen molar-refractivity contribution < 1.29 is 23.1 Å². The number of carbonyl (C=O) groups is 2. The number of carbonyl (C=O) groups excluding carboxylic acids is 2. The Balaban J connectivity index is 1.54. The highest BCUT2D eigenvalue weighted by molar-refractivity contribution is 8.02. The first kappa shape index (κ1) is 28.2. The summed E-state index contributed by atoms with van der Waals surface area (Å²) in [6, 6.07) is 25.3. The van der Waals surface area contributed by atoms with E-state index in [2.05, 4.69) is 20.7 Å². The van der Waals surface area contributed by atoms with Crippen LogP contribution < -0.4 is 20.7 Å². The summed E-state index contributed by atoms with van der Waals surface area (Å²) in [5.74, 6) is -0.348. The molecule has 2 amide bonds. The van der Waals surface area contributed by atoms with Crippen molar-refractivity contribution in [2.75, 3.05) is 11.8 Å². The van der Waals surface area contributed by atoms with Crippen LogP contribution in [0, 0.1) is 0 Å². The summed E-state index contributed by atoms with van der Waals surface area (Å²) >= 11 is -0.549. The number of hydrogen-bond donors (Lipinski definition) is 5. The molecule has 4 rings (SSSR count). The predicted molar refractivity (Wildman–Crippen MR) is 154 cm³/mol. The van der Waals surface area contributed by atoms with Gasteiger partial charge in [-0.25, -0.2) is 9.00 Å².